The van der Waals surface area contributed by atoms with Gasteiger partial charge in [0.25, 0.3) is 0 Å². The molecule has 6 rings (SSSR count). The monoisotopic (exact) mass is 390 g/mol. The van der Waals surface area contributed by atoms with Gasteiger partial charge >= 0.3 is 0 Å². The summed E-state index contributed by atoms with van der Waals surface area (Å²) in [5.41, 5.74) is 5.48. The van der Waals surface area contributed by atoms with Crippen molar-refractivity contribution in [2.75, 3.05) is 33.4 Å². The second kappa shape index (κ2) is 7.58. The van der Waals surface area contributed by atoms with E-state index >= 15 is 0 Å². The summed E-state index contributed by atoms with van der Waals surface area (Å²) in [7, 11) is 1.70. The number of amides is 1. The lowest BCUT2D eigenvalue weighted by Gasteiger charge is -2.46. The van der Waals surface area contributed by atoms with Crippen LogP contribution in [0.2, 0.25) is 0 Å². The molecule has 152 valence electrons. The molecule has 4 heteroatoms. The number of hydrogen-bond acceptors (Lipinski definition) is 3. The van der Waals surface area contributed by atoms with Crippen LogP contribution in [0.15, 0.2) is 48.5 Å². The fourth-order valence-corrected chi connectivity index (χ4v) is 5.99. The lowest BCUT2D eigenvalue weighted by molar-refractivity contribution is -0.136. The highest BCUT2D eigenvalue weighted by molar-refractivity contribution is 5.83. The normalized spacial score (nSPS) is 26.4. The maximum Gasteiger partial charge on any atom is 0.228 e. The minimum atomic E-state index is -0.385. The number of nitrogens with one attached hydrogen (secondary N) is 2. The van der Waals surface area contributed by atoms with Crippen LogP contribution in [0.1, 0.15) is 53.4 Å². The molecule has 29 heavy (non-hydrogen) atoms. The molecule has 1 atom stereocenters. The fraction of sp³-hybridized carbons (Fsp3) is 0.480. The number of carbonyl (C=O) groups excluding carboxylic acids is 1. The van der Waals surface area contributed by atoms with Crippen molar-refractivity contribution in [2.45, 2.75) is 31.1 Å². The molecule has 0 radical (unpaired) electrons. The molecular weight excluding hydrogens is 360 g/mol. The van der Waals surface area contributed by atoms with Crippen LogP contribution in [0.3, 0.4) is 0 Å². The van der Waals surface area contributed by atoms with Crippen molar-refractivity contribution in [3.05, 3.63) is 70.8 Å². The first-order valence-electron chi connectivity index (χ1n) is 10.9. The second-order valence-electron chi connectivity index (χ2n) is 8.96. The van der Waals surface area contributed by atoms with E-state index in [4.69, 9.17) is 4.74 Å². The Hall–Kier alpha value is -2.17. The molecule has 1 heterocycles. The number of rotatable bonds is 5. The highest BCUT2D eigenvalue weighted by atomic mass is 16.5. The quantitative estimate of drug-likeness (QED) is 0.823. The van der Waals surface area contributed by atoms with Gasteiger partial charge in [-0.05, 0) is 60.5 Å². The summed E-state index contributed by atoms with van der Waals surface area (Å²) in [5.74, 6) is 1.43. The van der Waals surface area contributed by atoms with Gasteiger partial charge in [-0.1, -0.05) is 48.5 Å². The highest BCUT2D eigenvalue weighted by Gasteiger charge is 2.44. The van der Waals surface area contributed by atoms with E-state index in [1.54, 1.807) is 7.11 Å². The van der Waals surface area contributed by atoms with E-state index in [9.17, 15) is 4.79 Å². The van der Waals surface area contributed by atoms with E-state index in [2.05, 4.69) is 59.2 Å². The Labute approximate surface area is 173 Å². The number of hydrogen-bond donors (Lipinski definition) is 2. The van der Waals surface area contributed by atoms with Gasteiger partial charge in [-0.3, -0.25) is 4.79 Å². The van der Waals surface area contributed by atoms with Crippen molar-refractivity contribution in [1.82, 2.24) is 10.6 Å². The van der Waals surface area contributed by atoms with Crippen molar-refractivity contribution in [1.29, 1.82) is 0 Å². The summed E-state index contributed by atoms with van der Waals surface area (Å²) in [6, 6.07) is 17.8. The Bertz CT molecular complexity index is 850. The standard InChI is InChI=1S/C25H30N2O2/c1-29-16-25(10-12-26-13-11-25)24(28)27-15-17-14-22-18-6-2-4-8-20(18)23(17)21-9-5-3-7-19(21)22/h2-9,17,22-23,26H,10-16H2,1H3,(H,27,28). The predicted octanol–water partition coefficient (Wildman–Crippen LogP) is 3.42. The van der Waals surface area contributed by atoms with Crippen LogP contribution >= 0.6 is 0 Å². The maximum atomic E-state index is 13.2. The number of piperidine rings is 1. The molecule has 1 saturated heterocycles. The molecule has 3 aliphatic carbocycles. The summed E-state index contributed by atoms with van der Waals surface area (Å²) in [6.45, 7) is 3.00. The Morgan fingerprint density at radius 3 is 2.21 bits per heavy atom. The molecule has 0 saturated carbocycles. The van der Waals surface area contributed by atoms with Crippen molar-refractivity contribution in [3.63, 3.8) is 0 Å². The van der Waals surface area contributed by atoms with Gasteiger partial charge in [0.05, 0.1) is 12.0 Å². The van der Waals surface area contributed by atoms with Gasteiger partial charge in [0.1, 0.15) is 0 Å². The summed E-state index contributed by atoms with van der Waals surface area (Å²) in [5, 5.41) is 6.71. The zero-order valence-corrected chi connectivity index (χ0v) is 17.1. The third-order valence-corrected chi connectivity index (χ3v) is 7.41. The second-order valence-corrected chi connectivity index (χ2v) is 8.96. The van der Waals surface area contributed by atoms with Gasteiger partial charge in [-0.2, -0.15) is 0 Å². The smallest absolute Gasteiger partial charge is 0.228 e. The fourth-order valence-electron chi connectivity index (χ4n) is 5.99. The number of fused-ring (bicyclic) bond motifs is 1. The SMILES string of the molecule is COCC1(C(=O)NCC2CC3c4ccccc4C2c2ccccc23)CCNCC1. The van der Waals surface area contributed by atoms with E-state index in [-0.39, 0.29) is 11.3 Å². The molecule has 2 aromatic rings. The molecule has 1 amide bonds. The van der Waals surface area contributed by atoms with Crippen molar-refractivity contribution in [3.8, 4) is 0 Å². The maximum absolute atomic E-state index is 13.2. The van der Waals surface area contributed by atoms with Crippen LogP contribution in [0.5, 0.6) is 0 Å². The summed E-state index contributed by atoms with van der Waals surface area (Å²) < 4.78 is 5.45. The summed E-state index contributed by atoms with van der Waals surface area (Å²) in [4.78, 5) is 13.2. The first-order chi connectivity index (χ1) is 14.2. The predicted molar refractivity (Wildman–Crippen MR) is 114 cm³/mol. The van der Waals surface area contributed by atoms with Crippen LogP contribution in [-0.2, 0) is 9.53 Å². The minimum Gasteiger partial charge on any atom is -0.384 e. The molecule has 0 aromatic heterocycles. The molecular formula is C25H30N2O2. The van der Waals surface area contributed by atoms with Crippen LogP contribution in [0.25, 0.3) is 0 Å². The largest absolute Gasteiger partial charge is 0.384 e. The van der Waals surface area contributed by atoms with Crippen molar-refractivity contribution < 1.29 is 9.53 Å². The minimum absolute atomic E-state index is 0.170. The molecule has 2 bridgehead atoms. The number of ether oxygens (including phenoxy) is 1. The molecule has 0 spiro atoms. The average Bonchev–Trinajstić information content (AvgIpc) is 2.78. The first-order valence-corrected chi connectivity index (χ1v) is 10.9. The van der Waals surface area contributed by atoms with Crippen LogP contribution in [0, 0.1) is 11.3 Å². The average molecular weight is 391 g/mol. The number of benzene rings is 2. The Morgan fingerprint density at radius 2 is 1.62 bits per heavy atom. The zero-order valence-electron chi connectivity index (χ0n) is 17.1. The van der Waals surface area contributed by atoms with Gasteiger partial charge in [-0.25, -0.2) is 0 Å². The molecule has 2 aromatic carbocycles. The van der Waals surface area contributed by atoms with Crippen LogP contribution < -0.4 is 10.6 Å². The van der Waals surface area contributed by atoms with Crippen molar-refractivity contribution in [2.24, 2.45) is 11.3 Å². The summed E-state index contributed by atoms with van der Waals surface area (Å²) in [6.07, 6.45) is 2.79. The molecule has 1 fully saturated rings. The van der Waals surface area contributed by atoms with Crippen molar-refractivity contribution >= 4 is 5.91 Å². The Morgan fingerprint density at radius 1 is 1.03 bits per heavy atom. The Balaban J connectivity index is 1.39. The van der Waals surface area contributed by atoms with Gasteiger partial charge in [0.2, 0.25) is 5.91 Å². The Kier molecular flexibility index (Phi) is 4.92. The van der Waals surface area contributed by atoms with Gasteiger partial charge in [-0.15, -0.1) is 0 Å². The number of carbonyl (C=O) groups is 1. The van der Waals surface area contributed by atoms with Crippen LogP contribution in [0.4, 0.5) is 0 Å². The van der Waals surface area contributed by atoms with Gasteiger partial charge in [0, 0.05) is 25.5 Å². The van der Waals surface area contributed by atoms with Gasteiger partial charge in [0.15, 0.2) is 0 Å². The lowest BCUT2D eigenvalue weighted by atomic mass is 9.59. The van der Waals surface area contributed by atoms with E-state index in [1.807, 2.05) is 0 Å². The molecule has 2 N–H and O–H groups in total. The molecule has 1 unspecified atom stereocenters. The van der Waals surface area contributed by atoms with E-state index in [0.29, 0.717) is 24.4 Å². The van der Waals surface area contributed by atoms with E-state index in [0.717, 1.165) is 38.9 Å². The van der Waals surface area contributed by atoms with E-state index in [1.165, 1.54) is 22.3 Å². The van der Waals surface area contributed by atoms with Gasteiger partial charge < -0.3 is 15.4 Å². The number of methoxy groups -OCH3 is 1. The lowest BCUT2D eigenvalue weighted by Crippen LogP contribution is -2.51. The first kappa shape index (κ1) is 18.8. The zero-order chi connectivity index (χ0) is 19.8. The highest BCUT2D eigenvalue weighted by Crippen LogP contribution is 2.55. The van der Waals surface area contributed by atoms with E-state index < -0.39 is 0 Å². The molecule has 1 aliphatic heterocycles. The van der Waals surface area contributed by atoms with Crippen LogP contribution in [-0.4, -0.2) is 39.3 Å². The topological polar surface area (TPSA) is 50.4 Å². The summed E-state index contributed by atoms with van der Waals surface area (Å²) >= 11 is 0. The third kappa shape index (κ3) is 3.10. The molecule has 4 nitrogen and oxygen atoms in total. The third-order valence-electron chi connectivity index (χ3n) is 7.41. The molecule has 4 aliphatic rings.